The van der Waals surface area contributed by atoms with Gasteiger partial charge in [0, 0.05) is 54.9 Å². The fraction of sp³-hybridized carbons (Fsp3) is 0.429. The zero-order chi connectivity index (χ0) is 30.9. The van der Waals surface area contributed by atoms with E-state index in [0.717, 1.165) is 16.5 Å². The summed E-state index contributed by atoms with van der Waals surface area (Å²) in [5.74, 6) is -2.84. The Balaban J connectivity index is 1.44. The van der Waals surface area contributed by atoms with Gasteiger partial charge < -0.3 is 47.8 Å². The molecule has 15 nitrogen and oxygen atoms in total. The smallest absolute Gasteiger partial charge is 0.326 e. The second kappa shape index (κ2) is 14.3. The Morgan fingerprint density at radius 2 is 1.91 bits per heavy atom. The van der Waals surface area contributed by atoms with Gasteiger partial charge in [-0.3, -0.25) is 19.4 Å². The number of carbonyl (C=O) groups excluding carboxylic acids is 3. The number of hydrogen-bond donors (Lipinski definition) is 8. The monoisotopic (exact) mass is 594 g/mol. The maximum Gasteiger partial charge on any atom is 0.326 e. The van der Waals surface area contributed by atoms with Gasteiger partial charge in [0.15, 0.2) is 5.96 Å². The molecule has 43 heavy (non-hydrogen) atoms. The number of likely N-dealkylation sites (tertiary alicyclic amines) is 1. The predicted molar refractivity (Wildman–Crippen MR) is 158 cm³/mol. The number of imidazole rings is 1. The van der Waals surface area contributed by atoms with E-state index in [9.17, 15) is 24.3 Å². The second-order valence-corrected chi connectivity index (χ2v) is 10.6. The molecule has 4 rings (SSSR count). The first-order valence-electron chi connectivity index (χ1n) is 14.1. The largest absolute Gasteiger partial charge is 0.480 e. The summed E-state index contributed by atoms with van der Waals surface area (Å²) in [6.45, 7) is 0.677. The van der Waals surface area contributed by atoms with Crippen LogP contribution in [0.3, 0.4) is 0 Å². The van der Waals surface area contributed by atoms with E-state index in [1.54, 1.807) is 6.20 Å². The minimum Gasteiger partial charge on any atom is -0.480 e. The molecule has 3 heterocycles. The zero-order valence-electron chi connectivity index (χ0n) is 23.7. The number of aromatic amines is 2. The van der Waals surface area contributed by atoms with E-state index in [1.807, 2.05) is 24.3 Å². The van der Waals surface area contributed by atoms with Crippen LogP contribution in [0.5, 0.6) is 0 Å². The van der Waals surface area contributed by atoms with Crippen molar-refractivity contribution in [2.75, 3.05) is 13.1 Å². The van der Waals surface area contributed by atoms with Crippen LogP contribution in [0.15, 0.2) is 48.0 Å². The molecule has 3 aromatic rings. The third-order valence-electron chi connectivity index (χ3n) is 7.45. The Bertz CT molecular complexity index is 1450. The molecule has 0 spiro atoms. The Labute approximate surface area is 247 Å². The van der Waals surface area contributed by atoms with E-state index in [-0.39, 0.29) is 24.7 Å². The summed E-state index contributed by atoms with van der Waals surface area (Å²) < 4.78 is 0. The quantitative estimate of drug-likeness (QED) is 0.0653. The molecule has 1 aliphatic rings. The Hall–Kier alpha value is -4.92. The van der Waals surface area contributed by atoms with E-state index in [4.69, 9.17) is 17.2 Å². The number of rotatable bonds is 14. The van der Waals surface area contributed by atoms with Crippen molar-refractivity contribution in [1.82, 2.24) is 30.5 Å². The predicted octanol–water partition coefficient (Wildman–Crippen LogP) is -0.898. The first-order valence-corrected chi connectivity index (χ1v) is 14.1. The van der Waals surface area contributed by atoms with Crippen molar-refractivity contribution < 1.29 is 24.3 Å². The van der Waals surface area contributed by atoms with Gasteiger partial charge in [0.2, 0.25) is 17.7 Å². The summed E-state index contributed by atoms with van der Waals surface area (Å²) in [5.41, 5.74) is 18.9. The summed E-state index contributed by atoms with van der Waals surface area (Å²) in [6, 6.07) is 3.40. The van der Waals surface area contributed by atoms with Crippen LogP contribution in [-0.4, -0.2) is 91.9 Å². The average Bonchev–Trinajstić information content (AvgIpc) is 3.75. The van der Waals surface area contributed by atoms with Crippen molar-refractivity contribution in [3.05, 3.63) is 54.2 Å². The zero-order valence-corrected chi connectivity index (χ0v) is 23.7. The highest BCUT2D eigenvalue weighted by molar-refractivity contribution is 5.95. The first kappa shape index (κ1) is 31.0. The molecule has 1 aliphatic heterocycles. The number of amides is 3. The SMILES string of the molecule is NC(N)=NCCCC(N)C(=O)N1CCCC1C(=O)NC(Cc1cnc[nH]1)C(=O)NC(Cc1c[nH]c2ccccc12)C(=O)O. The van der Waals surface area contributed by atoms with Crippen LogP contribution >= 0.6 is 0 Å². The minimum atomic E-state index is -1.26. The standard InChI is InChI=1S/C28H38N10O5/c29-19(6-3-9-33-28(30)31)26(41)38-10-4-8-23(38)25(40)36-21(12-17-14-32-15-35-17)24(39)37-22(27(42)43)11-16-13-34-20-7-2-1-5-18(16)20/h1-2,5,7,13-15,19,21-23,34H,3-4,6,8-12,29H2,(H,32,35)(H,36,40)(H,37,39)(H,42,43)(H4,30,31,33). The van der Waals surface area contributed by atoms with Gasteiger partial charge in [-0.2, -0.15) is 0 Å². The molecule has 4 atom stereocenters. The van der Waals surface area contributed by atoms with Crippen molar-refractivity contribution in [3.8, 4) is 0 Å². The Kier molecular flexibility index (Phi) is 10.3. The van der Waals surface area contributed by atoms with Crippen LogP contribution in [0.2, 0.25) is 0 Å². The Morgan fingerprint density at radius 1 is 1.12 bits per heavy atom. The molecule has 0 aliphatic carbocycles. The van der Waals surface area contributed by atoms with Gasteiger partial charge >= 0.3 is 5.97 Å². The molecule has 0 bridgehead atoms. The van der Waals surface area contributed by atoms with E-state index in [1.165, 1.54) is 17.4 Å². The second-order valence-electron chi connectivity index (χ2n) is 10.6. The average molecular weight is 595 g/mol. The number of aliphatic imine (C=N–C) groups is 1. The molecule has 2 aromatic heterocycles. The molecule has 230 valence electrons. The van der Waals surface area contributed by atoms with Gasteiger partial charge in [0.1, 0.15) is 18.1 Å². The van der Waals surface area contributed by atoms with Gasteiger partial charge in [-0.15, -0.1) is 0 Å². The fourth-order valence-corrected chi connectivity index (χ4v) is 5.25. The molecule has 11 N–H and O–H groups in total. The molecule has 1 saturated heterocycles. The van der Waals surface area contributed by atoms with E-state index < -0.39 is 42.0 Å². The number of carboxylic acid groups (broad SMARTS) is 1. The van der Waals surface area contributed by atoms with Gasteiger partial charge in [-0.25, -0.2) is 9.78 Å². The summed E-state index contributed by atoms with van der Waals surface area (Å²) in [5, 5.41) is 16.1. The van der Waals surface area contributed by atoms with Crippen molar-refractivity contribution in [2.45, 2.75) is 62.7 Å². The summed E-state index contributed by atoms with van der Waals surface area (Å²) >= 11 is 0. The summed E-state index contributed by atoms with van der Waals surface area (Å²) in [7, 11) is 0. The van der Waals surface area contributed by atoms with Crippen LogP contribution in [0, 0.1) is 0 Å². The number of guanidine groups is 1. The van der Waals surface area contributed by atoms with Crippen LogP contribution in [0.4, 0.5) is 0 Å². The maximum absolute atomic E-state index is 13.5. The van der Waals surface area contributed by atoms with E-state index >= 15 is 0 Å². The van der Waals surface area contributed by atoms with Gasteiger partial charge in [-0.1, -0.05) is 18.2 Å². The third kappa shape index (κ3) is 8.09. The highest BCUT2D eigenvalue weighted by Crippen LogP contribution is 2.21. The van der Waals surface area contributed by atoms with Crippen LogP contribution in [0.25, 0.3) is 10.9 Å². The lowest BCUT2D eigenvalue weighted by Gasteiger charge is -2.28. The number of fused-ring (bicyclic) bond motifs is 1. The first-order chi connectivity index (χ1) is 20.6. The van der Waals surface area contributed by atoms with Gasteiger partial charge in [0.05, 0.1) is 12.4 Å². The normalized spacial score (nSPS) is 16.8. The van der Waals surface area contributed by atoms with E-state index in [2.05, 4.69) is 30.6 Å². The molecular formula is C28H38N10O5. The summed E-state index contributed by atoms with van der Waals surface area (Å²) in [4.78, 5) is 67.5. The van der Waals surface area contributed by atoms with Crippen molar-refractivity contribution in [2.24, 2.45) is 22.2 Å². The summed E-state index contributed by atoms with van der Waals surface area (Å²) in [6.07, 6.45) is 6.54. The molecule has 1 aromatic carbocycles. The minimum absolute atomic E-state index is 0.0296. The number of nitrogens with one attached hydrogen (secondary N) is 4. The van der Waals surface area contributed by atoms with Gasteiger partial charge in [0.25, 0.3) is 0 Å². The number of carbonyl (C=O) groups is 4. The number of nitrogens with zero attached hydrogens (tertiary/aromatic N) is 3. The topological polar surface area (TPSA) is 251 Å². The highest BCUT2D eigenvalue weighted by Gasteiger charge is 2.38. The van der Waals surface area contributed by atoms with Crippen molar-refractivity contribution >= 4 is 40.6 Å². The van der Waals surface area contributed by atoms with E-state index in [0.29, 0.717) is 44.5 Å². The number of para-hydroxylation sites is 1. The molecular weight excluding hydrogens is 556 g/mol. The number of nitrogens with two attached hydrogens (primary N) is 3. The molecule has 3 amide bonds. The lowest BCUT2D eigenvalue weighted by Crippen LogP contribution is -2.57. The number of carboxylic acids is 1. The number of aromatic nitrogens is 3. The number of H-pyrrole nitrogens is 2. The number of benzene rings is 1. The third-order valence-corrected chi connectivity index (χ3v) is 7.45. The van der Waals surface area contributed by atoms with Gasteiger partial charge in [-0.05, 0) is 37.3 Å². The molecule has 1 fully saturated rings. The Morgan fingerprint density at radius 3 is 2.63 bits per heavy atom. The van der Waals surface area contributed by atoms with Crippen molar-refractivity contribution in [1.29, 1.82) is 0 Å². The molecule has 15 heteroatoms. The number of hydrogen-bond acceptors (Lipinski definition) is 7. The highest BCUT2D eigenvalue weighted by atomic mass is 16.4. The van der Waals surface area contributed by atoms with Crippen molar-refractivity contribution in [3.63, 3.8) is 0 Å². The molecule has 4 unspecified atom stereocenters. The lowest BCUT2D eigenvalue weighted by atomic mass is 10.0. The van der Waals surface area contributed by atoms with Crippen LogP contribution < -0.4 is 27.8 Å². The molecule has 0 saturated carbocycles. The fourth-order valence-electron chi connectivity index (χ4n) is 5.25. The lowest BCUT2D eigenvalue weighted by molar-refractivity contribution is -0.143. The van der Waals surface area contributed by atoms with Crippen LogP contribution in [-0.2, 0) is 32.0 Å². The maximum atomic E-state index is 13.5. The number of aliphatic carboxylic acids is 1. The molecule has 0 radical (unpaired) electrons. The van der Waals surface area contributed by atoms with Crippen LogP contribution in [0.1, 0.15) is 36.9 Å².